The number of halogens is 2. The van der Waals surface area contributed by atoms with Gasteiger partial charge in [-0.25, -0.2) is 4.39 Å². The molecule has 0 amide bonds. The van der Waals surface area contributed by atoms with Crippen LogP contribution in [0.5, 0.6) is 11.5 Å². The van der Waals surface area contributed by atoms with Crippen molar-refractivity contribution in [2.24, 2.45) is 0 Å². The molecule has 0 bridgehead atoms. The summed E-state index contributed by atoms with van der Waals surface area (Å²) >= 11 is 3.50. The van der Waals surface area contributed by atoms with Crippen molar-refractivity contribution >= 4 is 27.6 Å². The number of ether oxygens (including phenoxy) is 2. The van der Waals surface area contributed by atoms with Gasteiger partial charge in [-0.3, -0.25) is 0 Å². The first-order chi connectivity index (χ1) is 15.1. The fraction of sp³-hybridized carbons (Fsp3) is 0.120. The minimum Gasteiger partial charge on any atom is -0.490 e. The molecule has 0 saturated heterocycles. The molecule has 6 heteroatoms. The summed E-state index contributed by atoms with van der Waals surface area (Å²) in [6.07, 6.45) is 1.60. The molecule has 0 aliphatic carbocycles. The van der Waals surface area contributed by atoms with Gasteiger partial charge >= 0.3 is 0 Å². The minimum atomic E-state index is -0.465. The van der Waals surface area contributed by atoms with Gasteiger partial charge in [0.2, 0.25) is 0 Å². The summed E-state index contributed by atoms with van der Waals surface area (Å²) in [4.78, 5) is 0. The fourth-order valence-electron chi connectivity index (χ4n) is 2.96. The summed E-state index contributed by atoms with van der Waals surface area (Å²) in [6, 6.07) is 21.0. The van der Waals surface area contributed by atoms with Gasteiger partial charge in [-0.1, -0.05) is 52.3 Å². The highest BCUT2D eigenvalue weighted by Crippen LogP contribution is 2.36. The van der Waals surface area contributed by atoms with E-state index in [1.807, 2.05) is 19.1 Å². The maximum Gasteiger partial charge on any atom is 0.162 e. The van der Waals surface area contributed by atoms with Gasteiger partial charge in [0.05, 0.1) is 29.9 Å². The maximum atomic E-state index is 14.1. The highest BCUT2D eigenvalue weighted by Gasteiger charge is 2.13. The van der Waals surface area contributed by atoms with Crippen LogP contribution in [-0.2, 0) is 6.61 Å². The summed E-state index contributed by atoms with van der Waals surface area (Å²) in [7, 11) is 0. The monoisotopic (exact) mass is 476 g/mol. The highest BCUT2D eigenvalue weighted by atomic mass is 79.9. The van der Waals surface area contributed by atoms with Gasteiger partial charge in [0.25, 0.3) is 0 Å². The third-order valence-corrected chi connectivity index (χ3v) is 5.15. The Bertz CT molecular complexity index is 1210. The number of hydrogen-bond donors (Lipinski definition) is 0. The third kappa shape index (κ3) is 5.31. The van der Waals surface area contributed by atoms with Crippen molar-refractivity contribution in [3.05, 3.63) is 93.2 Å². The molecule has 4 nitrogen and oxygen atoms in total. The molecule has 0 N–H and O–H groups in total. The molecule has 0 saturated carbocycles. The maximum absolute atomic E-state index is 14.1. The van der Waals surface area contributed by atoms with Gasteiger partial charge in [0, 0.05) is 15.6 Å². The summed E-state index contributed by atoms with van der Waals surface area (Å²) in [6.45, 7) is 2.46. The van der Waals surface area contributed by atoms with Gasteiger partial charge in [0.1, 0.15) is 12.4 Å². The van der Waals surface area contributed by atoms with E-state index < -0.39 is 5.82 Å². The topological polar surface area (TPSA) is 66.0 Å². The lowest BCUT2D eigenvalue weighted by molar-refractivity contribution is 0.269. The van der Waals surface area contributed by atoms with Crippen molar-refractivity contribution in [1.82, 2.24) is 0 Å². The molecule has 0 unspecified atom stereocenters. The predicted molar refractivity (Wildman–Crippen MR) is 121 cm³/mol. The molecule has 0 heterocycles. The molecule has 0 aromatic heterocycles. The van der Waals surface area contributed by atoms with Crippen LogP contribution in [0, 0.1) is 28.5 Å². The lowest BCUT2D eigenvalue weighted by Crippen LogP contribution is -2.02. The molecule has 0 aliphatic rings. The van der Waals surface area contributed by atoms with Crippen LogP contribution in [0.1, 0.15) is 29.2 Å². The lowest BCUT2D eigenvalue weighted by Gasteiger charge is -2.15. The number of allylic oxidation sites excluding steroid dienone is 1. The minimum absolute atomic E-state index is 0.192. The first kappa shape index (κ1) is 22.1. The summed E-state index contributed by atoms with van der Waals surface area (Å²) < 4.78 is 26.5. The Balaban J connectivity index is 1.96. The number of rotatable bonds is 7. The highest BCUT2D eigenvalue weighted by molar-refractivity contribution is 9.10. The smallest absolute Gasteiger partial charge is 0.162 e. The average molecular weight is 477 g/mol. The molecule has 31 heavy (non-hydrogen) atoms. The van der Waals surface area contributed by atoms with Crippen LogP contribution >= 0.6 is 15.9 Å². The van der Waals surface area contributed by atoms with E-state index in [4.69, 9.17) is 9.47 Å². The summed E-state index contributed by atoms with van der Waals surface area (Å²) in [5.41, 5.74) is 2.37. The van der Waals surface area contributed by atoms with Crippen molar-refractivity contribution < 1.29 is 13.9 Å². The van der Waals surface area contributed by atoms with Crippen LogP contribution in [0.2, 0.25) is 0 Å². The molecule has 0 atom stereocenters. The fourth-order valence-corrected chi connectivity index (χ4v) is 3.40. The van der Waals surface area contributed by atoms with Crippen molar-refractivity contribution in [3.8, 4) is 23.6 Å². The molecule has 3 aromatic rings. The first-order valence-electron chi connectivity index (χ1n) is 9.51. The van der Waals surface area contributed by atoms with E-state index in [1.54, 1.807) is 48.5 Å². The SMILES string of the molecule is CCOc1cc(C=C(C#N)c2ccccc2F)c(Br)cc1OCc1ccccc1C#N. The molecule has 0 spiro atoms. The Morgan fingerprint density at radius 1 is 1.03 bits per heavy atom. The van der Waals surface area contributed by atoms with Crippen LogP contribution in [0.25, 0.3) is 11.6 Å². The molecule has 0 radical (unpaired) electrons. The molecule has 0 aliphatic heterocycles. The van der Waals surface area contributed by atoms with E-state index >= 15 is 0 Å². The van der Waals surface area contributed by atoms with Crippen LogP contribution in [0.3, 0.4) is 0 Å². The van der Waals surface area contributed by atoms with Crippen molar-refractivity contribution in [2.45, 2.75) is 13.5 Å². The molecule has 3 rings (SSSR count). The quantitative estimate of drug-likeness (QED) is 0.288. The van der Waals surface area contributed by atoms with Crippen molar-refractivity contribution in [3.63, 3.8) is 0 Å². The standard InChI is InChI=1S/C25H18BrFN2O2/c1-2-30-24-12-19(11-20(15-29)21-9-5-6-10-23(21)27)22(26)13-25(24)31-16-18-8-4-3-7-17(18)14-28/h3-13H,2,16H2,1H3. The van der Waals surface area contributed by atoms with Gasteiger partial charge in [-0.15, -0.1) is 0 Å². The van der Waals surface area contributed by atoms with Crippen LogP contribution in [0.4, 0.5) is 4.39 Å². The predicted octanol–water partition coefficient (Wildman–Crippen LogP) is 6.50. The Morgan fingerprint density at radius 3 is 2.45 bits per heavy atom. The van der Waals surface area contributed by atoms with E-state index in [2.05, 4.69) is 28.1 Å². The lowest BCUT2D eigenvalue weighted by atomic mass is 10.0. The number of benzene rings is 3. The van der Waals surface area contributed by atoms with E-state index in [9.17, 15) is 14.9 Å². The summed E-state index contributed by atoms with van der Waals surface area (Å²) in [5.74, 6) is 0.507. The second kappa shape index (κ2) is 10.4. The van der Waals surface area contributed by atoms with E-state index in [0.717, 1.165) is 5.56 Å². The van der Waals surface area contributed by atoms with E-state index in [-0.39, 0.29) is 17.7 Å². The average Bonchev–Trinajstić information content (AvgIpc) is 2.79. The molecule has 154 valence electrons. The molecule has 0 fully saturated rings. The summed E-state index contributed by atoms with van der Waals surface area (Å²) in [5, 5.41) is 18.8. The Kier molecular flexibility index (Phi) is 7.43. The second-order valence-corrected chi connectivity index (χ2v) is 7.32. The Labute approximate surface area is 188 Å². The molecular weight excluding hydrogens is 459 g/mol. The zero-order valence-electron chi connectivity index (χ0n) is 16.7. The third-order valence-electron chi connectivity index (χ3n) is 4.47. The normalized spacial score (nSPS) is 10.8. The Hall–Kier alpha value is -3.61. The molecule has 3 aromatic carbocycles. The van der Waals surface area contributed by atoms with Gasteiger partial charge in [0.15, 0.2) is 11.5 Å². The zero-order valence-corrected chi connectivity index (χ0v) is 18.3. The van der Waals surface area contributed by atoms with Gasteiger partial charge < -0.3 is 9.47 Å². The number of hydrogen-bond acceptors (Lipinski definition) is 4. The van der Waals surface area contributed by atoms with E-state index in [0.29, 0.717) is 33.7 Å². The van der Waals surface area contributed by atoms with Gasteiger partial charge in [-0.2, -0.15) is 10.5 Å². The largest absolute Gasteiger partial charge is 0.490 e. The van der Waals surface area contributed by atoms with Crippen molar-refractivity contribution in [1.29, 1.82) is 10.5 Å². The first-order valence-corrected chi connectivity index (χ1v) is 10.3. The van der Waals surface area contributed by atoms with Crippen LogP contribution in [-0.4, -0.2) is 6.61 Å². The number of nitriles is 2. The zero-order chi connectivity index (χ0) is 22.2. The molecular formula is C25H18BrFN2O2. The van der Waals surface area contributed by atoms with Crippen molar-refractivity contribution in [2.75, 3.05) is 6.61 Å². The van der Waals surface area contributed by atoms with Crippen LogP contribution in [0.15, 0.2) is 65.1 Å². The second-order valence-electron chi connectivity index (χ2n) is 6.46. The van der Waals surface area contributed by atoms with Gasteiger partial charge in [-0.05, 0) is 42.8 Å². The van der Waals surface area contributed by atoms with Crippen LogP contribution < -0.4 is 9.47 Å². The Morgan fingerprint density at radius 2 is 1.74 bits per heavy atom. The van der Waals surface area contributed by atoms with E-state index in [1.165, 1.54) is 6.07 Å². The number of nitrogens with zero attached hydrogens (tertiary/aromatic N) is 2.